The molecule has 0 nitrogen and oxygen atoms in total. The monoisotopic (exact) mass is 423 g/mol. The van der Waals surface area contributed by atoms with E-state index in [1.807, 2.05) is 0 Å². The molecule has 0 aliphatic carbocycles. The quantitative estimate of drug-likeness (QED) is 0.481. The average molecular weight is 424 g/mol. The van der Waals surface area contributed by atoms with Crippen molar-refractivity contribution in [3.63, 3.8) is 0 Å². The van der Waals surface area contributed by atoms with Crippen molar-refractivity contribution < 1.29 is 78.9 Å². The third kappa shape index (κ3) is 8.82. The fourth-order valence-corrected chi connectivity index (χ4v) is 0. The van der Waals surface area contributed by atoms with Crippen LogP contribution in [-0.2, 0) is 78.9 Å². The van der Waals surface area contributed by atoms with E-state index in [9.17, 15) is 0 Å². The van der Waals surface area contributed by atoms with E-state index in [0.29, 0.717) is 0 Å². The molecule has 0 aromatic rings. The summed E-state index contributed by atoms with van der Waals surface area (Å²) in [6.07, 6.45) is 0. The summed E-state index contributed by atoms with van der Waals surface area (Å²) in [6.45, 7) is 0. The second-order valence-electron chi connectivity index (χ2n) is 0. The minimum Gasteiger partial charge on any atom is 0 e. The van der Waals surface area contributed by atoms with Crippen LogP contribution in [0.1, 0.15) is 0 Å². The normalized spacial score (nSPS) is 0. The molecule has 0 unspecified atom stereocenters. The Kier molecular flexibility index (Phi) is 139. The van der Waals surface area contributed by atoms with Crippen LogP contribution in [0.2, 0.25) is 0 Å². The first-order valence-electron chi connectivity index (χ1n) is 0. The summed E-state index contributed by atoms with van der Waals surface area (Å²) in [5, 5.41) is 0. The maximum atomic E-state index is 0. The van der Waals surface area contributed by atoms with Gasteiger partial charge in [0.05, 0.1) is 0 Å². The summed E-state index contributed by atoms with van der Waals surface area (Å²) < 4.78 is 0. The maximum Gasteiger partial charge on any atom is 0 e. The second-order valence-corrected chi connectivity index (χ2v) is 0. The van der Waals surface area contributed by atoms with Crippen LogP contribution in [0, 0.1) is 0 Å². The molecule has 0 N–H and O–H groups in total. The molecule has 0 amide bonds. The van der Waals surface area contributed by atoms with Crippen LogP contribution < -0.4 is 0 Å². The van der Waals surface area contributed by atoms with E-state index in [-0.39, 0.29) is 78.9 Å². The minimum atomic E-state index is 0. The van der Waals surface area contributed by atoms with Gasteiger partial charge in [-0.1, -0.05) is 0 Å². The van der Waals surface area contributed by atoms with Crippen molar-refractivity contribution >= 4 is 0 Å². The maximum absolute atomic E-state index is 0. The van der Waals surface area contributed by atoms with Crippen molar-refractivity contribution in [1.82, 2.24) is 0 Å². The molecule has 3 radical (unpaired) electrons. The molecule has 0 atom stereocenters. The van der Waals surface area contributed by atoms with Crippen LogP contribution >= 0.6 is 0 Å². The molecule has 4 heavy (non-hydrogen) atoms. The molecule has 0 saturated carbocycles. The predicted molar refractivity (Wildman–Crippen MR) is 0 cm³/mol. The van der Waals surface area contributed by atoms with Gasteiger partial charge in [0.15, 0.2) is 0 Å². The molecule has 0 aliphatic rings. The standard InChI is InChI=1S/Ag.Au.Cu.Fe. The topological polar surface area (TPSA) is 0 Å². The van der Waals surface area contributed by atoms with E-state index in [1.54, 1.807) is 0 Å². The summed E-state index contributed by atoms with van der Waals surface area (Å²) in [7, 11) is 0. The number of hydrogen-bond acceptors (Lipinski definition) is 0. The molecular weight excluding hydrogens is 424 g/mol. The van der Waals surface area contributed by atoms with Gasteiger partial charge in [-0.3, -0.25) is 0 Å². The predicted octanol–water partition coefficient (Wildman–Crippen LogP) is -0.0100. The van der Waals surface area contributed by atoms with Crippen molar-refractivity contribution in [2.24, 2.45) is 0 Å². The first-order chi connectivity index (χ1) is 0. The Morgan fingerprint density at radius 2 is 1.00 bits per heavy atom. The number of rotatable bonds is 0. The molecule has 0 aromatic heterocycles. The Morgan fingerprint density at radius 3 is 1.00 bits per heavy atom. The fourth-order valence-electron chi connectivity index (χ4n) is 0. The third-order valence-corrected chi connectivity index (χ3v) is 0. The Morgan fingerprint density at radius 1 is 1.00 bits per heavy atom. The fraction of sp³-hybridized carbons (Fsp3) is 0. The molecule has 41 valence electrons. The van der Waals surface area contributed by atoms with Gasteiger partial charge in [0.25, 0.3) is 0 Å². The van der Waals surface area contributed by atoms with Crippen molar-refractivity contribution in [3.05, 3.63) is 0 Å². The van der Waals surface area contributed by atoms with Gasteiger partial charge in [0.2, 0.25) is 0 Å². The van der Waals surface area contributed by atoms with Crippen LogP contribution in [0.25, 0.3) is 0 Å². The Balaban J connectivity index is 0. The zero-order chi connectivity index (χ0) is 0. The summed E-state index contributed by atoms with van der Waals surface area (Å²) >= 11 is 0. The van der Waals surface area contributed by atoms with Crippen molar-refractivity contribution in [2.45, 2.75) is 0 Å². The summed E-state index contributed by atoms with van der Waals surface area (Å²) in [5.41, 5.74) is 0. The molecule has 0 heterocycles. The van der Waals surface area contributed by atoms with Crippen molar-refractivity contribution in [2.75, 3.05) is 0 Å². The molecule has 0 fully saturated rings. The van der Waals surface area contributed by atoms with Gasteiger partial charge in [-0.05, 0) is 0 Å². The van der Waals surface area contributed by atoms with E-state index < -0.39 is 0 Å². The van der Waals surface area contributed by atoms with Gasteiger partial charge in [-0.15, -0.1) is 0 Å². The molecule has 0 spiro atoms. The van der Waals surface area contributed by atoms with Gasteiger partial charge < -0.3 is 0 Å². The molecular formula is AgAuCuFe. The van der Waals surface area contributed by atoms with Gasteiger partial charge in [-0.2, -0.15) is 0 Å². The first-order valence-corrected chi connectivity index (χ1v) is 0. The zero-order valence-corrected chi connectivity index (χ0v) is 6.95. The van der Waals surface area contributed by atoms with E-state index in [0.717, 1.165) is 0 Å². The number of hydrogen-bond donors (Lipinski definition) is 0. The summed E-state index contributed by atoms with van der Waals surface area (Å²) in [6, 6.07) is 0. The SMILES string of the molecule is [Ag].[Au].[Cu].[Fe]. The largest absolute Gasteiger partial charge is 0 e. The van der Waals surface area contributed by atoms with Crippen LogP contribution in [0.15, 0.2) is 0 Å². The van der Waals surface area contributed by atoms with Crippen LogP contribution in [0.3, 0.4) is 0 Å². The zero-order valence-electron chi connectivity index (χ0n) is 1.26. The summed E-state index contributed by atoms with van der Waals surface area (Å²) in [4.78, 5) is 0. The molecule has 0 aliphatic heterocycles. The van der Waals surface area contributed by atoms with Crippen LogP contribution in [0.5, 0.6) is 0 Å². The molecule has 0 aromatic carbocycles. The molecule has 0 saturated heterocycles. The van der Waals surface area contributed by atoms with E-state index in [2.05, 4.69) is 0 Å². The minimum absolute atomic E-state index is 0. The smallest absolute Gasteiger partial charge is 0 e. The second kappa shape index (κ2) is 17.8. The van der Waals surface area contributed by atoms with Crippen LogP contribution in [0.4, 0.5) is 0 Å². The van der Waals surface area contributed by atoms with E-state index >= 15 is 0 Å². The van der Waals surface area contributed by atoms with Crippen molar-refractivity contribution in [3.8, 4) is 0 Å². The van der Waals surface area contributed by atoms with Crippen molar-refractivity contribution in [1.29, 1.82) is 0 Å². The third-order valence-electron chi connectivity index (χ3n) is 0. The van der Waals surface area contributed by atoms with E-state index in [4.69, 9.17) is 0 Å². The average Bonchev–Trinajstić information content (AvgIpc) is 0. The Labute approximate surface area is 77.8 Å². The van der Waals surface area contributed by atoms with Gasteiger partial charge in [0.1, 0.15) is 0 Å². The molecule has 0 bridgehead atoms. The molecule has 4 heteroatoms. The Hall–Kier alpha value is 2.52. The molecule has 0 rings (SSSR count). The Bertz CT molecular complexity index is 8.00. The van der Waals surface area contributed by atoms with E-state index in [1.165, 1.54) is 0 Å². The van der Waals surface area contributed by atoms with Gasteiger partial charge in [-0.25, -0.2) is 0 Å². The summed E-state index contributed by atoms with van der Waals surface area (Å²) in [5.74, 6) is 0. The van der Waals surface area contributed by atoms with Gasteiger partial charge in [0, 0.05) is 78.9 Å². The first kappa shape index (κ1) is 31.3. The van der Waals surface area contributed by atoms with Crippen LogP contribution in [-0.4, -0.2) is 0 Å². The van der Waals surface area contributed by atoms with Gasteiger partial charge >= 0.3 is 0 Å².